The average molecular weight is 247 g/mol. The van der Waals surface area contributed by atoms with Crippen LogP contribution in [0.1, 0.15) is 6.42 Å². The molecule has 0 aliphatic carbocycles. The van der Waals surface area contributed by atoms with Gasteiger partial charge in [0.2, 0.25) is 5.95 Å². The largest absolute Gasteiger partial charge is 0.373 e. The summed E-state index contributed by atoms with van der Waals surface area (Å²) in [5.41, 5.74) is 5.60. The molecule has 0 radical (unpaired) electrons. The van der Waals surface area contributed by atoms with Crippen molar-refractivity contribution in [2.45, 2.75) is 13.0 Å². The number of nitrogen functional groups attached to an aromatic ring is 1. The van der Waals surface area contributed by atoms with Gasteiger partial charge in [-0.3, -0.25) is 0 Å². The van der Waals surface area contributed by atoms with Crippen molar-refractivity contribution in [1.29, 1.82) is 0 Å². The molecular weight excluding hydrogens is 230 g/mol. The van der Waals surface area contributed by atoms with Crippen molar-refractivity contribution in [3.05, 3.63) is 24.8 Å². The zero-order valence-corrected chi connectivity index (χ0v) is 10.3. The van der Waals surface area contributed by atoms with Crippen LogP contribution in [0.5, 0.6) is 0 Å². The van der Waals surface area contributed by atoms with Crippen LogP contribution in [0.4, 0.5) is 17.6 Å². The fourth-order valence-electron chi connectivity index (χ4n) is 1.58. The summed E-state index contributed by atoms with van der Waals surface area (Å²) in [4.78, 5) is 12.1. The third kappa shape index (κ3) is 3.34. The van der Waals surface area contributed by atoms with E-state index in [1.165, 1.54) is 0 Å². The first kappa shape index (κ1) is 12.2. The van der Waals surface area contributed by atoms with E-state index in [1.54, 1.807) is 13.2 Å². The fourth-order valence-corrected chi connectivity index (χ4v) is 1.58. The highest BCUT2D eigenvalue weighted by atomic mass is 15.1. The summed E-state index contributed by atoms with van der Waals surface area (Å²) in [7, 11) is 1.80. The van der Waals surface area contributed by atoms with Crippen LogP contribution >= 0.6 is 0 Å². The Kier molecular flexibility index (Phi) is 3.95. The normalized spacial score (nSPS) is 10.3. The van der Waals surface area contributed by atoms with Crippen LogP contribution in [0.3, 0.4) is 0 Å². The van der Waals surface area contributed by atoms with Crippen molar-refractivity contribution in [1.82, 2.24) is 19.5 Å². The van der Waals surface area contributed by atoms with Gasteiger partial charge in [0.1, 0.15) is 11.6 Å². The molecule has 2 heterocycles. The Labute approximate surface area is 105 Å². The van der Waals surface area contributed by atoms with Gasteiger partial charge in [-0.25, -0.2) is 4.98 Å². The van der Waals surface area contributed by atoms with Crippen LogP contribution in [-0.4, -0.2) is 33.1 Å². The van der Waals surface area contributed by atoms with E-state index in [4.69, 9.17) is 5.73 Å². The molecule has 7 heteroatoms. The van der Waals surface area contributed by atoms with Crippen LogP contribution in [0.25, 0.3) is 0 Å². The van der Waals surface area contributed by atoms with Gasteiger partial charge in [-0.15, -0.1) is 0 Å². The second kappa shape index (κ2) is 5.85. The minimum absolute atomic E-state index is 0.263. The smallest absolute Gasteiger partial charge is 0.223 e. The molecule has 0 unspecified atom stereocenters. The minimum Gasteiger partial charge on any atom is -0.373 e. The minimum atomic E-state index is 0.263. The van der Waals surface area contributed by atoms with E-state index in [9.17, 15) is 0 Å². The molecule has 0 bridgehead atoms. The van der Waals surface area contributed by atoms with Gasteiger partial charge >= 0.3 is 0 Å². The van der Waals surface area contributed by atoms with E-state index >= 15 is 0 Å². The van der Waals surface area contributed by atoms with E-state index < -0.39 is 0 Å². The number of hydrogen-bond acceptors (Lipinski definition) is 6. The maximum Gasteiger partial charge on any atom is 0.223 e. The lowest BCUT2D eigenvalue weighted by Gasteiger charge is -2.08. The monoisotopic (exact) mass is 247 g/mol. The van der Waals surface area contributed by atoms with Crippen LogP contribution in [-0.2, 0) is 6.54 Å². The second-order valence-electron chi connectivity index (χ2n) is 3.83. The van der Waals surface area contributed by atoms with Crippen molar-refractivity contribution in [2.75, 3.05) is 30.0 Å². The Morgan fingerprint density at radius 2 is 2.17 bits per heavy atom. The Balaban J connectivity index is 1.81. The standard InChI is InChI=1S/C11H17N7/c1-13-9-7-10(17-11(12)16-9)15-3-2-5-18-6-4-14-8-18/h4,6-8H,2-3,5H2,1H3,(H4,12,13,15,16,17). The van der Waals surface area contributed by atoms with Gasteiger partial charge in [0.05, 0.1) is 6.33 Å². The molecule has 0 saturated heterocycles. The molecule has 0 aromatic carbocycles. The maximum absolute atomic E-state index is 5.60. The van der Waals surface area contributed by atoms with Crippen molar-refractivity contribution in [2.24, 2.45) is 0 Å². The summed E-state index contributed by atoms with van der Waals surface area (Å²) in [6.07, 6.45) is 6.51. The Bertz CT molecular complexity index is 480. The third-order valence-electron chi connectivity index (χ3n) is 2.46. The number of imidazole rings is 1. The molecule has 0 aliphatic heterocycles. The van der Waals surface area contributed by atoms with Gasteiger partial charge < -0.3 is 20.9 Å². The quantitative estimate of drug-likeness (QED) is 0.654. The Morgan fingerprint density at radius 3 is 2.89 bits per heavy atom. The summed E-state index contributed by atoms with van der Waals surface area (Å²) in [5, 5.41) is 6.16. The van der Waals surface area contributed by atoms with Gasteiger partial charge in [-0.2, -0.15) is 9.97 Å². The summed E-state index contributed by atoms with van der Waals surface area (Å²) < 4.78 is 2.04. The molecule has 96 valence electrons. The molecule has 0 spiro atoms. The molecule has 2 aromatic heterocycles. The van der Waals surface area contributed by atoms with Crippen molar-refractivity contribution < 1.29 is 0 Å². The van der Waals surface area contributed by atoms with Crippen molar-refractivity contribution in [3.63, 3.8) is 0 Å². The maximum atomic E-state index is 5.60. The molecule has 0 aliphatic rings. The molecule has 2 rings (SSSR count). The molecule has 7 nitrogen and oxygen atoms in total. The molecule has 0 saturated carbocycles. The van der Waals surface area contributed by atoms with Gasteiger partial charge in [-0.1, -0.05) is 0 Å². The fraction of sp³-hybridized carbons (Fsp3) is 0.364. The summed E-state index contributed by atoms with van der Waals surface area (Å²) in [6.45, 7) is 1.74. The summed E-state index contributed by atoms with van der Waals surface area (Å²) >= 11 is 0. The number of hydrogen-bond donors (Lipinski definition) is 3. The van der Waals surface area contributed by atoms with Gasteiger partial charge in [0.25, 0.3) is 0 Å². The molecule has 2 aromatic rings. The van der Waals surface area contributed by atoms with E-state index in [0.29, 0.717) is 5.82 Å². The number of nitrogens with zero attached hydrogens (tertiary/aromatic N) is 4. The predicted octanol–water partition coefficient (Wildman–Crippen LogP) is 0.799. The zero-order chi connectivity index (χ0) is 12.8. The number of nitrogens with two attached hydrogens (primary N) is 1. The van der Waals surface area contributed by atoms with E-state index in [1.807, 2.05) is 23.2 Å². The SMILES string of the molecule is CNc1cc(NCCCn2ccnc2)nc(N)n1. The third-order valence-corrected chi connectivity index (χ3v) is 2.46. The lowest BCUT2D eigenvalue weighted by atomic mass is 10.4. The predicted molar refractivity (Wildman–Crippen MR) is 71.3 cm³/mol. The van der Waals surface area contributed by atoms with Crippen LogP contribution in [0.2, 0.25) is 0 Å². The van der Waals surface area contributed by atoms with Gasteiger partial charge in [-0.05, 0) is 6.42 Å². The number of nitrogens with one attached hydrogen (secondary N) is 2. The lowest BCUT2D eigenvalue weighted by molar-refractivity contribution is 0.660. The Morgan fingerprint density at radius 1 is 1.33 bits per heavy atom. The first-order valence-electron chi connectivity index (χ1n) is 5.80. The highest BCUT2D eigenvalue weighted by molar-refractivity contribution is 5.50. The van der Waals surface area contributed by atoms with Crippen LogP contribution in [0.15, 0.2) is 24.8 Å². The molecule has 0 fully saturated rings. The van der Waals surface area contributed by atoms with E-state index in [0.717, 1.165) is 25.3 Å². The molecule has 0 atom stereocenters. The average Bonchev–Trinajstić information content (AvgIpc) is 2.87. The van der Waals surface area contributed by atoms with Crippen LogP contribution in [0, 0.1) is 0 Å². The highest BCUT2D eigenvalue weighted by Crippen LogP contribution is 2.11. The summed E-state index contributed by atoms with van der Waals surface area (Å²) in [6, 6.07) is 1.83. The number of rotatable bonds is 6. The number of aryl methyl sites for hydroxylation is 1. The van der Waals surface area contributed by atoms with Gasteiger partial charge in [0.15, 0.2) is 0 Å². The van der Waals surface area contributed by atoms with E-state index in [-0.39, 0.29) is 5.95 Å². The molecule has 4 N–H and O–H groups in total. The molecule has 18 heavy (non-hydrogen) atoms. The van der Waals surface area contributed by atoms with Crippen molar-refractivity contribution in [3.8, 4) is 0 Å². The number of anilines is 3. The lowest BCUT2D eigenvalue weighted by Crippen LogP contribution is -2.09. The first-order valence-corrected chi connectivity index (χ1v) is 5.80. The van der Waals surface area contributed by atoms with Crippen molar-refractivity contribution >= 4 is 17.6 Å². The summed E-state index contributed by atoms with van der Waals surface area (Å²) in [5.74, 6) is 1.70. The van der Waals surface area contributed by atoms with E-state index in [2.05, 4.69) is 25.6 Å². The molecule has 0 amide bonds. The topological polar surface area (TPSA) is 93.7 Å². The zero-order valence-electron chi connectivity index (χ0n) is 10.3. The molecular formula is C11H17N7. The Hall–Kier alpha value is -2.31. The van der Waals surface area contributed by atoms with Crippen LogP contribution < -0.4 is 16.4 Å². The number of aromatic nitrogens is 4. The second-order valence-corrected chi connectivity index (χ2v) is 3.83. The highest BCUT2D eigenvalue weighted by Gasteiger charge is 2.00. The first-order chi connectivity index (χ1) is 8.78. The van der Waals surface area contributed by atoms with Gasteiger partial charge in [0, 0.05) is 38.6 Å².